The Morgan fingerprint density at radius 3 is 2.35 bits per heavy atom. The Balaban J connectivity index is 1.55. The lowest BCUT2D eigenvalue weighted by Gasteiger charge is -2.33. The largest absolute Gasteiger partial charge is 0.385 e. The van der Waals surface area contributed by atoms with Crippen LogP contribution >= 0.6 is 0 Å². The van der Waals surface area contributed by atoms with Crippen molar-refractivity contribution in [2.45, 2.75) is 44.2 Å². The summed E-state index contributed by atoms with van der Waals surface area (Å²) in [7, 11) is 0. The maximum atomic E-state index is 10.9. The maximum absolute atomic E-state index is 10.9. The average Bonchev–Trinajstić information content (AvgIpc) is 3.23. The molecule has 2 aromatic carbocycles. The summed E-state index contributed by atoms with van der Waals surface area (Å²) in [4.78, 5) is 2.58. The fraction of sp³-hybridized carbons (Fsp3) is 0.478. The van der Waals surface area contributed by atoms with Crippen LogP contribution in [0.1, 0.15) is 49.8 Å². The van der Waals surface area contributed by atoms with Crippen molar-refractivity contribution in [3.05, 3.63) is 59.7 Å². The van der Waals surface area contributed by atoms with Crippen LogP contribution in [0.4, 0.5) is 0 Å². The number of hydrogen-bond acceptors (Lipinski definition) is 3. The van der Waals surface area contributed by atoms with E-state index in [4.69, 9.17) is 0 Å². The van der Waals surface area contributed by atoms with Gasteiger partial charge in [0.25, 0.3) is 0 Å². The summed E-state index contributed by atoms with van der Waals surface area (Å²) in [5.41, 5.74) is 4.25. The van der Waals surface area contributed by atoms with Gasteiger partial charge in [0.1, 0.15) is 0 Å². The zero-order valence-corrected chi connectivity index (χ0v) is 15.7. The Morgan fingerprint density at radius 1 is 0.962 bits per heavy atom. The van der Waals surface area contributed by atoms with Gasteiger partial charge in [-0.25, -0.2) is 0 Å². The smallest absolute Gasteiger partial charge is 0.0920 e. The standard InChI is InChI=1S/C23H30N2O/c1-18(25-15-2-3-16-25)20-5-4-6-21(17-20)19-7-9-22(10-8-19)23(26)11-13-24-14-12-23/h4-10,17-18,24,26H,2-3,11-16H2,1H3. The summed E-state index contributed by atoms with van der Waals surface area (Å²) in [5, 5.41) is 14.2. The van der Waals surface area contributed by atoms with E-state index in [-0.39, 0.29) is 0 Å². The van der Waals surface area contributed by atoms with Crippen molar-refractivity contribution >= 4 is 0 Å². The van der Waals surface area contributed by atoms with E-state index in [2.05, 4.69) is 65.7 Å². The third-order valence-electron chi connectivity index (χ3n) is 6.24. The van der Waals surface area contributed by atoms with Gasteiger partial charge in [-0.2, -0.15) is 0 Å². The third-order valence-corrected chi connectivity index (χ3v) is 6.24. The molecule has 2 saturated heterocycles. The Morgan fingerprint density at radius 2 is 1.65 bits per heavy atom. The zero-order chi connectivity index (χ0) is 18.0. The van der Waals surface area contributed by atoms with Crippen LogP contribution in [0.25, 0.3) is 11.1 Å². The van der Waals surface area contributed by atoms with Gasteiger partial charge in [0, 0.05) is 6.04 Å². The molecule has 0 spiro atoms. The molecular formula is C23H30N2O. The number of hydrogen-bond donors (Lipinski definition) is 2. The molecule has 2 fully saturated rings. The highest BCUT2D eigenvalue weighted by atomic mass is 16.3. The molecule has 3 heteroatoms. The molecule has 0 radical (unpaired) electrons. The van der Waals surface area contributed by atoms with Crippen molar-refractivity contribution in [1.82, 2.24) is 10.2 Å². The molecule has 138 valence electrons. The molecule has 4 rings (SSSR count). The van der Waals surface area contributed by atoms with Crippen LogP contribution in [0.5, 0.6) is 0 Å². The van der Waals surface area contributed by atoms with Crippen LogP contribution in [0.3, 0.4) is 0 Å². The normalized spacial score (nSPS) is 21.6. The van der Waals surface area contributed by atoms with Gasteiger partial charge in [-0.3, -0.25) is 4.90 Å². The van der Waals surface area contributed by atoms with E-state index in [0.29, 0.717) is 6.04 Å². The molecule has 3 nitrogen and oxygen atoms in total. The lowest BCUT2D eigenvalue weighted by Crippen LogP contribution is -2.39. The summed E-state index contributed by atoms with van der Waals surface area (Å²) >= 11 is 0. The van der Waals surface area contributed by atoms with Crippen molar-refractivity contribution in [1.29, 1.82) is 0 Å². The molecule has 0 amide bonds. The molecule has 0 aromatic heterocycles. The number of piperidine rings is 1. The van der Waals surface area contributed by atoms with Gasteiger partial charge in [0.05, 0.1) is 5.60 Å². The number of likely N-dealkylation sites (tertiary alicyclic amines) is 1. The Bertz CT molecular complexity index is 728. The van der Waals surface area contributed by atoms with Gasteiger partial charge >= 0.3 is 0 Å². The van der Waals surface area contributed by atoms with Crippen LogP contribution in [-0.4, -0.2) is 36.2 Å². The van der Waals surface area contributed by atoms with E-state index in [9.17, 15) is 5.11 Å². The van der Waals surface area contributed by atoms with Gasteiger partial charge in [0.2, 0.25) is 0 Å². The Kier molecular flexibility index (Phi) is 5.12. The summed E-state index contributed by atoms with van der Waals surface area (Å²) in [6.07, 6.45) is 4.22. The number of nitrogens with one attached hydrogen (secondary N) is 1. The van der Waals surface area contributed by atoms with Gasteiger partial charge in [0.15, 0.2) is 0 Å². The summed E-state index contributed by atoms with van der Waals surface area (Å²) in [6.45, 7) is 6.52. The van der Waals surface area contributed by atoms with Crippen molar-refractivity contribution < 1.29 is 5.11 Å². The van der Waals surface area contributed by atoms with Gasteiger partial charge in [-0.15, -0.1) is 0 Å². The third kappa shape index (κ3) is 3.57. The average molecular weight is 351 g/mol. The van der Waals surface area contributed by atoms with Crippen LogP contribution in [0.15, 0.2) is 48.5 Å². The molecule has 2 aromatic rings. The summed E-state index contributed by atoms with van der Waals surface area (Å²) < 4.78 is 0. The molecule has 0 saturated carbocycles. The van der Waals surface area contributed by atoms with Crippen molar-refractivity contribution in [3.8, 4) is 11.1 Å². The van der Waals surface area contributed by atoms with Crippen LogP contribution in [-0.2, 0) is 5.60 Å². The Labute approximate surface area is 157 Å². The minimum Gasteiger partial charge on any atom is -0.385 e. The molecule has 2 aliphatic heterocycles. The second kappa shape index (κ2) is 7.51. The molecule has 2 aliphatic rings. The summed E-state index contributed by atoms with van der Waals surface area (Å²) in [5.74, 6) is 0. The summed E-state index contributed by atoms with van der Waals surface area (Å²) in [6, 6.07) is 18.0. The van der Waals surface area contributed by atoms with Gasteiger partial charge in [-0.05, 0) is 87.1 Å². The molecule has 0 bridgehead atoms. The van der Waals surface area contributed by atoms with E-state index in [1.54, 1.807) is 0 Å². The van der Waals surface area contributed by atoms with Crippen LogP contribution < -0.4 is 5.32 Å². The quantitative estimate of drug-likeness (QED) is 0.872. The predicted octanol–water partition coefficient (Wildman–Crippen LogP) is 4.08. The fourth-order valence-electron chi connectivity index (χ4n) is 4.42. The number of nitrogens with zero attached hydrogens (tertiary/aromatic N) is 1. The maximum Gasteiger partial charge on any atom is 0.0920 e. The molecular weight excluding hydrogens is 320 g/mol. The van der Waals surface area contributed by atoms with E-state index >= 15 is 0 Å². The fourth-order valence-corrected chi connectivity index (χ4v) is 4.42. The van der Waals surface area contributed by atoms with Crippen LogP contribution in [0.2, 0.25) is 0 Å². The molecule has 0 aliphatic carbocycles. The van der Waals surface area contributed by atoms with Crippen molar-refractivity contribution in [2.75, 3.05) is 26.2 Å². The number of aliphatic hydroxyl groups is 1. The first-order valence-corrected chi connectivity index (χ1v) is 10.0. The topological polar surface area (TPSA) is 35.5 Å². The van der Waals surface area contributed by atoms with Crippen LogP contribution in [0, 0.1) is 0 Å². The lowest BCUT2D eigenvalue weighted by atomic mass is 9.84. The highest BCUT2D eigenvalue weighted by molar-refractivity contribution is 5.64. The van der Waals surface area contributed by atoms with E-state index in [1.807, 2.05) is 0 Å². The Hall–Kier alpha value is -1.68. The monoisotopic (exact) mass is 350 g/mol. The molecule has 1 unspecified atom stereocenters. The first-order valence-electron chi connectivity index (χ1n) is 10.0. The zero-order valence-electron chi connectivity index (χ0n) is 15.7. The first kappa shape index (κ1) is 17.7. The van der Waals surface area contributed by atoms with Gasteiger partial charge < -0.3 is 10.4 Å². The minimum absolute atomic E-state index is 0.479. The van der Waals surface area contributed by atoms with Crippen molar-refractivity contribution in [3.63, 3.8) is 0 Å². The molecule has 1 atom stereocenters. The highest BCUT2D eigenvalue weighted by Gasteiger charge is 2.30. The number of rotatable bonds is 4. The second-order valence-electron chi connectivity index (χ2n) is 7.90. The van der Waals surface area contributed by atoms with Crippen molar-refractivity contribution in [2.24, 2.45) is 0 Å². The van der Waals surface area contributed by atoms with E-state index < -0.39 is 5.60 Å². The van der Waals surface area contributed by atoms with E-state index in [1.165, 1.54) is 42.6 Å². The highest BCUT2D eigenvalue weighted by Crippen LogP contribution is 2.33. The first-order chi connectivity index (χ1) is 12.7. The molecule has 2 N–H and O–H groups in total. The minimum atomic E-state index is -0.671. The lowest BCUT2D eigenvalue weighted by molar-refractivity contribution is 0.00595. The molecule has 26 heavy (non-hydrogen) atoms. The SMILES string of the molecule is CC(c1cccc(-c2ccc(C3(O)CCNCC3)cc2)c1)N1CCCC1. The number of benzene rings is 2. The molecule has 2 heterocycles. The van der Waals surface area contributed by atoms with Gasteiger partial charge in [-0.1, -0.05) is 42.5 Å². The predicted molar refractivity (Wildman–Crippen MR) is 107 cm³/mol. The van der Waals surface area contributed by atoms with E-state index in [0.717, 1.165) is 31.5 Å². The second-order valence-corrected chi connectivity index (χ2v) is 7.90.